The number of carbonyl (C=O) groups is 2. The SMILES string of the molecule is CCOC(=O)c1ccc(NC(=O)C2CCN(Cc3cccc(Cl)c3)CC2)c(C)c1. The van der Waals surface area contributed by atoms with E-state index >= 15 is 0 Å². The molecule has 6 heteroatoms. The highest BCUT2D eigenvalue weighted by Crippen LogP contribution is 2.23. The summed E-state index contributed by atoms with van der Waals surface area (Å²) in [4.78, 5) is 26.9. The van der Waals surface area contributed by atoms with Crippen LogP contribution in [-0.4, -0.2) is 36.5 Å². The summed E-state index contributed by atoms with van der Waals surface area (Å²) in [6, 6.07) is 13.1. The quantitative estimate of drug-likeness (QED) is 0.697. The van der Waals surface area contributed by atoms with Gasteiger partial charge in [0.05, 0.1) is 12.2 Å². The minimum atomic E-state index is -0.347. The van der Waals surface area contributed by atoms with Crippen molar-refractivity contribution in [2.45, 2.75) is 33.2 Å². The predicted octanol–water partition coefficient (Wildman–Crippen LogP) is 4.68. The Morgan fingerprint density at radius 3 is 2.59 bits per heavy atom. The molecule has 0 aliphatic carbocycles. The third kappa shape index (κ3) is 5.81. The van der Waals surface area contributed by atoms with Crippen molar-refractivity contribution in [3.8, 4) is 0 Å². The molecule has 29 heavy (non-hydrogen) atoms. The summed E-state index contributed by atoms with van der Waals surface area (Å²) in [6.45, 7) is 6.61. The van der Waals surface area contributed by atoms with Crippen LogP contribution in [0.4, 0.5) is 5.69 Å². The van der Waals surface area contributed by atoms with E-state index in [4.69, 9.17) is 16.3 Å². The maximum Gasteiger partial charge on any atom is 0.338 e. The maximum absolute atomic E-state index is 12.7. The summed E-state index contributed by atoms with van der Waals surface area (Å²) in [5, 5.41) is 3.77. The van der Waals surface area contributed by atoms with Crippen molar-refractivity contribution < 1.29 is 14.3 Å². The fourth-order valence-electron chi connectivity index (χ4n) is 3.63. The number of hydrogen-bond acceptors (Lipinski definition) is 4. The van der Waals surface area contributed by atoms with Gasteiger partial charge in [-0.3, -0.25) is 9.69 Å². The van der Waals surface area contributed by atoms with Crippen LogP contribution in [0, 0.1) is 12.8 Å². The molecule has 0 unspecified atom stereocenters. The first kappa shape index (κ1) is 21.3. The second-order valence-electron chi connectivity index (χ2n) is 7.42. The maximum atomic E-state index is 12.7. The Labute approximate surface area is 177 Å². The summed E-state index contributed by atoms with van der Waals surface area (Å²) in [5.74, 6) is -0.310. The van der Waals surface area contributed by atoms with E-state index in [9.17, 15) is 9.59 Å². The fraction of sp³-hybridized carbons (Fsp3) is 0.391. The molecule has 0 saturated carbocycles. The predicted molar refractivity (Wildman–Crippen MR) is 115 cm³/mol. The van der Waals surface area contributed by atoms with Gasteiger partial charge in [-0.1, -0.05) is 23.7 Å². The van der Waals surface area contributed by atoms with Crippen molar-refractivity contribution in [1.29, 1.82) is 0 Å². The van der Waals surface area contributed by atoms with Crippen molar-refractivity contribution in [2.24, 2.45) is 5.92 Å². The van der Waals surface area contributed by atoms with E-state index in [-0.39, 0.29) is 17.8 Å². The third-order valence-corrected chi connectivity index (χ3v) is 5.48. The van der Waals surface area contributed by atoms with Gasteiger partial charge >= 0.3 is 5.97 Å². The van der Waals surface area contributed by atoms with Gasteiger partial charge in [-0.2, -0.15) is 0 Å². The normalized spacial score (nSPS) is 15.1. The number of halogens is 1. The zero-order valence-corrected chi connectivity index (χ0v) is 17.7. The molecule has 154 valence electrons. The highest BCUT2D eigenvalue weighted by Gasteiger charge is 2.25. The molecule has 1 fully saturated rings. The number of hydrogen-bond donors (Lipinski definition) is 1. The minimum absolute atomic E-state index is 0.00487. The lowest BCUT2D eigenvalue weighted by Gasteiger charge is -2.31. The fourth-order valence-corrected chi connectivity index (χ4v) is 3.84. The largest absolute Gasteiger partial charge is 0.462 e. The topological polar surface area (TPSA) is 58.6 Å². The number of nitrogens with one attached hydrogen (secondary N) is 1. The molecule has 2 aromatic carbocycles. The van der Waals surface area contributed by atoms with Crippen LogP contribution in [0.5, 0.6) is 0 Å². The zero-order chi connectivity index (χ0) is 20.8. The monoisotopic (exact) mass is 414 g/mol. The molecular formula is C23H27ClN2O3. The zero-order valence-electron chi connectivity index (χ0n) is 16.9. The Morgan fingerprint density at radius 1 is 1.17 bits per heavy atom. The highest BCUT2D eigenvalue weighted by molar-refractivity contribution is 6.30. The molecule has 1 heterocycles. The van der Waals surface area contributed by atoms with E-state index in [1.165, 1.54) is 5.56 Å². The van der Waals surface area contributed by atoms with Gasteiger partial charge in [-0.05, 0) is 81.2 Å². The molecule has 2 aromatic rings. The van der Waals surface area contributed by atoms with Crippen molar-refractivity contribution >= 4 is 29.2 Å². The number of piperidine rings is 1. The van der Waals surface area contributed by atoms with E-state index < -0.39 is 0 Å². The number of amides is 1. The lowest BCUT2D eigenvalue weighted by molar-refractivity contribution is -0.121. The third-order valence-electron chi connectivity index (χ3n) is 5.25. The first-order valence-corrected chi connectivity index (χ1v) is 10.4. The Bertz CT molecular complexity index is 876. The summed E-state index contributed by atoms with van der Waals surface area (Å²) in [6.07, 6.45) is 1.65. The first-order chi connectivity index (χ1) is 14.0. The van der Waals surface area contributed by atoms with Gasteiger partial charge in [-0.15, -0.1) is 0 Å². The van der Waals surface area contributed by atoms with Crippen LogP contribution in [0.3, 0.4) is 0 Å². The molecule has 1 saturated heterocycles. The second-order valence-corrected chi connectivity index (χ2v) is 7.86. The van der Waals surface area contributed by atoms with Crippen molar-refractivity contribution in [2.75, 3.05) is 25.0 Å². The van der Waals surface area contributed by atoms with Crippen LogP contribution < -0.4 is 5.32 Å². The lowest BCUT2D eigenvalue weighted by Crippen LogP contribution is -2.37. The van der Waals surface area contributed by atoms with Crippen LogP contribution in [0.2, 0.25) is 5.02 Å². The molecule has 0 spiro atoms. The highest BCUT2D eigenvalue weighted by atomic mass is 35.5. The van der Waals surface area contributed by atoms with Gasteiger partial charge in [0.15, 0.2) is 0 Å². The average Bonchev–Trinajstić information content (AvgIpc) is 2.70. The van der Waals surface area contributed by atoms with E-state index in [0.717, 1.165) is 48.7 Å². The number of esters is 1. The van der Waals surface area contributed by atoms with Gasteiger partial charge in [0.25, 0.3) is 0 Å². The minimum Gasteiger partial charge on any atom is -0.462 e. The van der Waals surface area contributed by atoms with Gasteiger partial charge in [-0.25, -0.2) is 4.79 Å². The van der Waals surface area contributed by atoms with Crippen molar-refractivity contribution in [1.82, 2.24) is 4.90 Å². The lowest BCUT2D eigenvalue weighted by atomic mass is 9.95. The van der Waals surface area contributed by atoms with Gasteiger partial charge < -0.3 is 10.1 Å². The number of benzene rings is 2. The molecule has 0 bridgehead atoms. The Morgan fingerprint density at radius 2 is 1.93 bits per heavy atom. The van der Waals surface area contributed by atoms with E-state index in [0.29, 0.717) is 12.2 Å². The molecule has 5 nitrogen and oxygen atoms in total. The Kier molecular flexibility index (Phi) is 7.29. The summed E-state index contributed by atoms with van der Waals surface area (Å²) >= 11 is 6.06. The summed E-state index contributed by atoms with van der Waals surface area (Å²) in [7, 11) is 0. The van der Waals surface area contributed by atoms with Crippen molar-refractivity contribution in [3.63, 3.8) is 0 Å². The molecular weight excluding hydrogens is 388 g/mol. The van der Waals surface area contributed by atoms with E-state index in [2.05, 4.69) is 16.3 Å². The summed E-state index contributed by atoms with van der Waals surface area (Å²) in [5.41, 5.74) is 3.28. The molecule has 3 rings (SSSR count). The van der Waals surface area contributed by atoms with Crippen LogP contribution in [0.25, 0.3) is 0 Å². The van der Waals surface area contributed by atoms with Crippen LogP contribution in [0.1, 0.15) is 41.3 Å². The molecule has 0 atom stereocenters. The molecule has 1 amide bonds. The van der Waals surface area contributed by atoms with E-state index in [1.807, 2.05) is 25.1 Å². The molecule has 1 N–H and O–H groups in total. The number of nitrogens with zero attached hydrogens (tertiary/aromatic N) is 1. The number of anilines is 1. The van der Waals surface area contributed by atoms with Gasteiger partial charge in [0, 0.05) is 23.2 Å². The Hall–Kier alpha value is -2.37. The molecule has 0 radical (unpaired) electrons. The molecule has 1 aliphatic rings. The average molecular weight is 415 g/mol. The Balaban J connectivity index is 1.52. The number of ether oxygens (including phenoxy) is 1. The molecule has 1 aliphatic heterocycles. The second kappa shape index (κ2) is 9.90. The number of rotatable bonds is 6. The van der Waals surface area contributed by atoms with Gasteiger partial charge in [0.1, 0.15) is 0 Å². The number of aryl methyl sites for hydroxylation is 1. The number of carbonyl (C=O) groups excluding carboxylic acids is 2. The van der Waals surface area contributed by atoms with Gasteiger partial charge in [0.2, 0.25) is 5.91 Å². The number of likely N-dealkylation sites (tertiary alicyclic amines) is 1. The van der Waals surface area contributed by atoms with Crippen molar-refractivity contribution in [3.05, 3.63) is 64.2 Å². The smallest absolute Gasteiger partial charge is 0.338 e. The van der Waals surface area contributed by atoms with Crippen LogP contribution >= 0.6 is 11.6 Å². The first-order valence-electron chi connectivity index (χ1n) is 10.0. The van der Waals surface area contributed by atoms with Crippen LogP contribution in [-0.2, 0) is 16.1 Å². The molecule has 0 aromatic heterocycles. The van der Waals surface area contributed by atoms with E-state index in [1.54, 1.807) is 25.1 Å². The van der Waals surface area contributed by atoms with Crippen LogP contribution in [0.15, 0.2) is 42.5 Å². The summed E-state index contributed by atoms with van der Waals surface area (Å²) < 4.78 is 5.02. The standard InChI is InChI=1S/C23H27ClN2O3/c1-3-29-23(28)19-7-8-21(16(2)13-19)25-22(27)18-9-11-26(12-10-18)15-17-5-4-6-20(24)14-17/h4-8,13-14,18H,3,9-12,15H2,1-2H3,(H,25,27).